The lowest BCUT2D eigenvalue weighted by Crippen LogP contribution is -2.39. The van der Waals surface area contributed by atoms with Crippen molar-refractivity contribution in [2.75, 3.05) is 13.7 Å². The molecule has 3 heteroatoms. The van der Waals surface area contributed by atoms with E-state index in [1.807, 2.05) is 19.2 Å². The molecular formula is C15H22ClNO. The van der Waals surface area contributed by atoms with Gasteiger partial charge in [-0.1, -0.05) is 32.4 Å². The van der Waals surface area contributed by atoms with Crippen molar-refractivity contribution in [3.05, 3.63) is 28.3 Å². The second-order valence-electron chi connectivity index (χ2n) is 6.06. The highest BCUT2D eigenvalue weighted by atomic mass is 35.5. The average Bonchev–Trinajstić information content (AvgIpc) is 2.71. The van der Waals surface area contributed by atoms with Gasteiger partial charge in [-0.15, -0.1) is 0 Å². The number of hydrogen-bond donors (Lipinski definition) is 1. The number of hydrogen-bond acceptors (Lipinski definition) is 2. The molecule has 0 amide bonds. The zero-order valence-electron chi connectivity index (χ0n) is 11.6. The molecule has 2 nitrogen and oxygen atoms in total. The summed E-state index contributed by atoms with van der Waals surface area (Å²) in [5.41, 5.74) is 2.69. The molecule has 1 aromatic rings. The third-order valence-electron chi connectivity index (χ3n) is 3.64. The molecule has 1 aliphatic rings. The lowest BCUT2D eigenvalue weighted by atomic mass is 9.82. The summed E-state index contributed by atoms with van der Waals surface area (Å²) in [6.07, 6.45) is 1.92. The quantitative estimate of drug-likeness (QED) is 0.906. The normalized spacial score (nSPS) is 16.3. The third kappa shape index (κ3) is 2.81. The van der Waals surface area contributed by atoms with Crippen molar-refractivity contribution in [2.24, 2.45) is 5.41 Å². The van der Waals surface area contributed by atoms with Crippen molar-refractivity contribution in [1.29, 1.82) is 0 Å². The number of nitrogens with one attached hydrogen (secondary N) is 1. The summed E-state index contributed by atoms with van der Waals surface area (Å²) in [7, 11) is 2.02. The minimum atomic E-state index is 0.211. The molecule has 0 spiro atoms. The van der Waals surface area contributed by atoms with E-state index in [9.17, 15) is 0 Å². The van der Waals surface area contributed by atoms with Crippen LogP contribution in [0, 0.1) is 5.41 Å². The lowest BCUT2D eigenvalue weighted by molar-refractivity contribution is 0.276. The largest absolute Gasteiger partial charge is 0.493 e. The van der Waals surface area contributed by atoms with E-state index < -0.39 is 0 Å². The molecule has 0 saturated carbocycles. The molecule has 1 aliphatic heterocycles. The molecule has 1 unspecified atom stereocenters. The molecule has 1 atom stereocenters. The number of likely N-dealkylation sites (N-methyl/N-ethyl adjacent to an activating group) is 1. The van der Waals surface area contributed by atoms with Crippen LogP contribution in [-0.4, -0.2) is 19.7 Å². The Morgan fingerprint density at radius 3 is 2.72 bits per heavy atom. The first kappa shape index (κ1) is 13.7. The molecule has 0 bridgehead atoms. The van der Waals surface area contributed by atoms with Crippen LogP contribution < -0.4 is 10.1 Å². The first-order valence-corrected chi connectivity index (χ1v) is 6.91. The monoisotopic (exact) mass is 267 g/mol. The highest BCUT2D eigenvalue weighted by Gasteiger charge is 2.26. The van der Waals surface area contributed by atoms with Crippen molar-refractivity contribution in [2.45, 2.75) is 39.7 Å². The topological polar surface area (TPSA) is 21.3 Å². The fourth-order valence-corrected chi connectivity index (χ4v) is 2.82. The summed E-state index contributed by atoms with van der Waals surface area (Å²) >= 11 is 6.19. The molecule has 2 rings (SSSR count). The maximum atomic E-state index is 6.19. The molecule has 100 valence electrons. The van der Waals surface area contributed by atoms with Crippen molar-refractivity contribution in [3.63, 3.8) is 0 Å². The SMILES string of the molecule is CNC(Cc1cc(Cl)cc2c1OCC2)C(C)(C)C. The van der Waals surface area contributed by atoms with Crippen LogP contribution in [0.2, 0.25) is 5.02 Å². The average molecular weight is 268 g/mol. The summed E-state index contributed by atoms with van der Waals surface area (Å²) in [6.45, 7) is 7.53. The van der Waals surface area contributed by atoms with E-state index >= 15 is 0 Å². The lowest BCUT2D eigenvalue weighted by Gasteiger charge is -2.31. The zero-order valence-corrected chi connectivity index (χ0v) is 12.4. The summed E-state index contributed by atoms with van der Waals surface area (Å²) in [4.78, 5) is 0. The molecule has 0 saturated heterocycles. The summed E-state index contributed by atoms with van der Waals surface area (Å²) in [5.74, 6) is 1.06. The molecule has 0 aliphatic carbocycles. The predicted octanol–water partition coefficient (Wildman–Crippen LogP) is 3.45. The molecule has 18 heavy (non-hydrogen) atoms. The Morgan fingerprint density at radius 2 is 2.11 bits per heavy atom. The van der Waals surface area contributed by atoms with Gasteiger partial charge in [0.25, 0.3) is 0 Å². The minimum absolute atomic E-state index is 0.211. The Kier molecular flexibility index (Phi) is 3.88. The predicted molar refractivity (Wildman–Crippen MR) is 76.7 cm³/mol. The van der Waals surface area contributed by atoms with Gasteiger partial charge in [-0.2, -0.15) is 0 Å². The highest BCUT2D eigenvalue weighted by Crippen LogP contribution is 2.35. The van der Waals surface area contributed by atoms with Crippen molar-refractivity contribution in [3.8, 4) is 5.75 Å². The Hall–Kier alpha value is -0.730. The highest BCUT2D eigenvalue weighted by molar-refractivity contribution is 6.30. The third-order valence-corrected chi connectivity index (χ3v) is 3.86. The fraction of sp³-hybridized carbons (Fsp3) is 0.600. The number of ether oxygens (including phenoxy) is 1. The van der Waals surface area contributed by atoms with E-state index in [4.69, 9.17) is 16.3 Å². The maximum Gasteiger partial charge on any atom is 0.125 e. The van der Waals surface area contributed by atoms with E-state index in [2.05, 4.69) is 26.1 Å². The van der Waals surface area contributed by atoms with Crippen LogP contribution in [0.25, 0.3) is 0 Å². The van der Waals surface area contributed by atoms with Gasteiger partial charge in [0.1, 0.15) is 5.75 Å². The van der Waals surface area contributed by atoms with Crippen LogP contribution in [-0.2, 0) is 12.8 Å². The van der Waals surface area contributed by atoms with Crippen LogP contribution in [0.5, 0.6) is 5.75 Å². The van der Waals surface area contributed by atoms with Crippen LogP contribution >= 0.6 is 11.6 Å². The van der Waals surface area contributed by atoms with Gasteiger partial charge in [0.2, 0.25) is 0 Å². The van der Waals surface area contributed by atoms with Gasteiger partial charge < -0.3 is 10.1 Å². The number of fused-ring (bicyclic) bond motifs is 1. The second-order valence-corrected chi connectivity index (χ2v) is 6.50. The Labute approximate surface area is 115 Å². The van der Waals surface area contributed by atoms with Crippen molar-refractivity contribution >= 4 is 11.6 Å². The maximum absolute atomic E-state index is 6.19. The zero-order chi connectivity index (χ0) is 13.3. The van der Waals surface area contributed by atoms with E-state index in [-0.39, 0.29) is 5.41 Å². The van der Waals surface area contributed by atoms with E-state index in [0.29, 0.717) is 6.04 Å². The van der Waals surface area contributed by atoms with Crippen LogP contribution in [0.4, 0.5) is 0 Å². The van der Waals surface area contributed by atoms with Gasteiger partial charge in [0.15, 0.2) is 0 Å². The number of benzene rings is 1. The fourth-order valence-electron chi connectivity index (χ4n) is 2.56. The van der Waals surface area contributed by atoms with Crippen LogP contribution in [0.3, 0.4) is 0 Å². The molecular weight excluding hydrogens is 246 g/mol. The van der Waals surface area contributed by atoms with Crippen LogP contribution in [0.15, 0.2) is 12.1 Å². The van der Waals surface area contributed by atoms with E-state index in [0.717, 1.165) is 30.2 Å². The molecule has 1 heterocycles. The first-order chi connectivity index (χ1) is 8.41. The minimum Gasteiger partial charge on any atom is -0.493 e. The summed E-state index contributed by atoms with van der Waals surface area (Å²) < 4.78 is 5.76. The summed E-state index contributed by atoms with van der Waals surface area (Å²) in [5, 5.41) is 4.22. The van der Waals surface area contributed by atoms with Crippen molar-refractivity contribution < 1.29 is 4.74 Å². The number of halogens is 1. The second kappa shape index (κ2) is 5.10. The Balaban J connectivity index is 2.29. The van der Waals surface area contributed by atoms with Crippen molar-refractivity contribution in [1.82, 2.24) is 5.32 Å². The number of rotatable bonds is 3. The Morgan fingerprint density at radius 1 is 1.39 bits per heavy atom. The van der Waals surface area contributed by atoms with E-state index in [1.54, 1.807) is 0 Å². The van der Waals surface area contributed by atoms with Gasteiger partial charge in [-0.3, -0.25) is 0 Å². The van der Waals surface area contributed by atoms with Gasteiger partial charge in [-0.25, -0.2) is 0 Å². The molecule has 1 aromatic carbocycles. The smallest absolute Gasteiger partial charge is 0.125 e. The summed E-state index contributed by atoms with van der Waals surface area (Å²) in [6, 6.07) is 4.48. The molecule has 0 aromatic heterocycles. The van der Waals surface area contributed by atoms with Crippen LogP contribution in [0.1, 0.15) is 31.9 Å². The molecule has 0 radical (unpaired) electrons. The van der Waals surface area contributed by atoms with Gasteiger partial charge in [0, 0.05) is 17.5 Å². The molecule has 0 fully saturated rings. The Bertz CT molecular complexity index is 437. The van der Waals surface area contributed by atoms with Gasteiger partial charge >= 0.3 is 0 Å². The van der Waals surface area contributed by atoms with Gasteiger partial charge in [-0.05, 0) is 42.1 Å². The van der Waals surface area contributed by atoms with Gasteiger partial charge in [0.05, 0.1) is 6.61 Å². The molecule has 1 N–H and O–H groups in total. The standard InChI is InChI=1S/C15H22ClNO/c1-15(2,3)13(17-4)9-11-8-12(16)7-10-5-6-18-14(10)11/h7-8,13,17H,5-6,9H2,1-4H3. The first-order valence-electron chi connectivity index (χ1n) is 6.53. The van der Waals surface area contributed by atoms with E-state index in [1.165, 1.54) is 11.1 Å².